The molecule has 0 aliphatic heterocycles. The zero-order valence-corrected chi connectivity index (χ0v) is 19.0. The van der Waals surface area contributed by atoms with Crippen molar-refractivity contribution in [2.45, 2.75) is 19.0 Å². The first-order valence-electron chi connectivity index (χ1n) is 10.6. The molecule has 2 aromatic heterocycles. The van der Waals surface area contributed by atoms with E-state index < -0.39 is 6.04 Å². The summed E-state index contributed by atoms with van der Waals surface area (Å²) < 4.78 is 13.6. The van der Waals surface area contributed by atoms with Crippen molar-refractivity contribution < 1.29 is 14.3 Å². The van der Waals surface area contributed by atoms with Crippen LogP contribution in [0.3, 0.4) is 0 Å². The van der Waals surface area contributed by atoms with E-state index in [2.05, 4.69) is 10.3 Å². The van der Waals surface area contributed by atoms with E-state index in [1.54, 1.807) is 67.0 Å². The van der Waals surface area contributed by atoms with Gasteiger partial charge in [-0.3, -0.25) is 9.78 Å². The number of nitrogens with zero attached hydrogens (tertiary/aromatic N) is 1. The summed E-state index contributed by atoms with van der Waals surface area (Å²) in [5.74, 6) is -0.655. The van der Waals surface area contributed by atoms with Crippen LogP contribution in [-0.4, -0.2) is 21.7 Å². The summed E-state index contributed by atoms with van der Waals surface area (Å²) in [6, 6.07) is 17.6. The van der Waals surface area contributed by atoms with Crippen LogP contribution in [0.1, 0.15) is 38.8 Å². The molecule has 4 rings (SSSR count). The molecule has 1 unspecified atom stereocenters. The van der Waals surface area contributed by atoms with Crippen LogP contribution in [-0.2, 0) is 6.54 Å². The lowest BCUT2D eigenvalue weighted by Crippen LogP contribution is -2.29. The van der Waals surface area contributed by atoms with Gasteiger partial charge in [-0.05, 0) is 47.5 Å². The van der Waals surface area contributed by atoms with Crippen molar-refractivity contribution >= 4 is 23.0 Å². The van der Waals surface area contributed by atoms with Crippen molar-refractivity contribution in [3.8, 4) is 16.2 Å². The summed E-state index contributed by atoms with van der Waals surface area (Å²) in [6.07, 6.45) is 3.39. The number of rotatable bonds is 8. The van der Waals surface area contributed by atoms with Gasteiger partial charge in [-0.2, -0.15) is 0 Å². The summed E-state index contributed by atoms with van der Waals surface area (Å²) in [6.45, 7) is 0.179. The molecule has 2 aromatic carbocycles. The highest BCUT2D eigenvalue weighted by Crippen LogP contribution is 2.32. The molecule has 1 amide bonds. The van der Waals surface area contributed by atoms with Crippen LogP contribution >= 0.6 is 11.3 Å². The molecule has 0 spiro atoms. The number of phenolic OH excluding ortho intramolecular Hbond substituents is 1. The van der Waals surface area contributed by atoms with Crippen molar-refractivity contribution in [3.63, 3.8) is 0 Å². The minimum atomic E-state index is -0.627. The molecule has 0 radical (unpaired) electrons. The van der Waals surface area contributed by atoms with Gasteiger partial charge in [-0.15, -0.1) is 11.3 Å². The zero-order chi connectivity index (χ0) is 24.1. The number of halogens is 1. The molecule has 2 heterocycles. The lowest BCUT2D eigenvalue weighted by atomic mass is 9.97. The number of aromatic hydroxyl groups is 1. The van der Waals surface area contributed by atoms with E-state index in [0.717, 1.165) is 10.4 Å². The van der Waals surface area contributed by atoms with Crippen molar-refractivity contribution in [2.24, 2.45) is 5.73 Å². The predicted molar refractivity (Wildman–Crippen MR) is 132 cm³/mol. The average molecular weight is 475 g/mol. The van der Waals surface area contributed by atoms with Crippen molar-refractivity contribution in [1.82, 2.24) is 10.3 Å². The number of para-hydroxylation sites is 1. The Balaban J connectivity index is 1.59. The van der Waals surface area contributed by atoms with Crippen LogP contribution < -0.4 is 11.1 Å². The minimum Gasteiger partial charge on any atom is -0.508 e. The second-order valence-electron chi connectivity index (χ2n) is 7.68. The number of thiophene rings is 1. The fraction of sp³-hybridized carbons (Fsp3) is 0.115. The monoisotopic (exact) mass is 474 g/mol. The number of aromatic nitrogens is 1. The zero-order valence-electron chi connectivity index (χ0n) is 18.2. The van der Waals surface area contributed by atoms with Crippen LogP contribution in [0.15, 0.2) is 79.1 Å². The highest BCUT2D eigenvalue weighted by Gasteiger charge is 2.22. The van der Waals surface area contributed by atoms with Crippen molar-refractivity contribution in [2.75, 3.05) is 0 Å². The number of benzene rings is 2. The molecule has 0 bridgehead atoms. The Morgan fingerprint density at radius 1 is 1.15 bits per heavy atom. The smallest absolute Gasteiger partial charge is 0.261 e. The van der Waals surface area contributed by atoms with Crippen LogP contribution in [0.2, 0.25) is 0 Å². The van der Waals surface area contributed by atoms with Crippen molar-refractivity contribution in [3.05, 3.63) is 107 Å². The molecular weight excluding hydrogens is 451 g/mol. The number of carbonyl (C=O) groups is 1. The topological polar surface area (TPSA) is 112 Å². The number of nitrogens with two attached hydrogens (primary N) is 1. The molecule has 34 heavy (non-hydrogen) atoms. The van der Waals surface area contributed by atoms with Gasteiger partial charge in [-0.25, -0.2) is 4.39 Å². The average Bonchev–Trinajstić information content (AvgIpc) is 3.34. The number of nitrogens with one attached hydrogen (secondary N) is 2. The van der Waals surface area contributed by atoms with E-state index in [9.17, 15) is 14.3 Å². The summed E-state index contributed by atoms with van der Waals surface area (Å²) in [7, 11) is 0. The lowest BCUT2D eigenvalue weighted by Gasteiger charge is -2.20. The van der Waals surface area contributed by atoms with Gasteiger partial charge < -0.3 is 21.6 Å². The van der Waals surface area contributed by atoms with Gasteiger partial charge in [-0.1, -0.05) is 30.3 Å². The third-order valence-corrected chi connectivity index (χ3v) is 6.54. The first-order valence-corrected chi connectivity index (χ1v) is 11.4. The van der Waals surface area contributed by atoms with Gasteiger partial charge >= 0.3 is 0 Å². The van der Waals surface area contributed by atoms with Gasteiger partial charge in [0.05, 0.1) is 10.9 Å². The van der Waals surface area contributed by atoms with Gasteiger partial charge in [0, 0.05) is 47.1 Å². The molecule has 0 aliphatic rings. The first-order chi connectivity index (χ1) is 16.5. The highest BCUT2D eigenvalue weighted by atomic mass is 32.1. The summed E-state index contributed by atoms with van der Waals surface area (Å²) >= 11 is 1.27. The fourth-order valence-electron chi connectivity index (χ4n) is 3.69. The molecule has 6 nitrogen and oxygen atoms in total. The molecule has 172 valence electrons. The Hall–Kier alpha value is -3.88. The Labute approximate surface area is 200 Å². The van der Waals surface area contributed by atoms with Gasteiger partial charge in [0.25, 0.3) is 5.91 Å². The normalized spacial score (nSPS) is 11.7. The fourth-order valence-corrected chi connectivity index (χ4v) is 4.66. The maximum atomic E-state index is 13.6. The standard InChI is InChI=1S/C26H23FN4O2S/c27-18-7-8-19(17(12-18)14-28)24-9-10-25(34-24)26(33)31-22(20-5-1-2-6-23(20)32)13-21(29)16-4-3-11-30-15-16/h1-12,15,22,29,32H,13-14,28H2,(H,31,33). The predicted octanol–water partition coefficient (Wildman–Crippen LogP) is 5.04. The van der Waals surface area contributed by atoms with Crippen LogP contribution in [0.25, 0.3) is 10.4 Å². The lowest BCUT2D eigenvalue weighted by molar-refractivity contribution is 0.0941. The number of phenols is 1. The van der Waals surface area contributed by atoms with E-state index in [1.165, 1.54) is 23.5 Å². The first kappa shape index (κ1) is 23.3. The van der Waals surface area contributed by atoms with Gasteiger partial charge in [0.15, 0.2) is 0 Å². The quantitative estimate of drug-likeness (QED) is 0.268. The third kappa shape index (κ3) is 5.19. The van der Waals surface area contributed by atoms with E-state index >= 15 is 0 Å². The highest BCUT2D eigenvalue weighted by molar-refractivity contribution is 7.17. The Morgan fingerprint density at radius 3 is 2.71 bits per heavy atom. The number of amides is 1. The number of pyridine rings is 1. The van der Waals surface area contributed by atoms with Gasteiger partial charge in [0.1, 0.15) is 11.6 Å². The largest absolute Gasteiger partial charge is 0.508 e. The Bertz CT molecular complexity index is 1320. The minimum absolute atomic E-state index is 0.0394. The maximum Gasteiger partial charge on any atom is 0.261 e. The molecule has 5 N–H and O–H groups in total. The molecule has 8 heteroatoms. The molecule has 4 aromatic rings. The molecule has 0 fully saturated rings. The van der Waals surface area contributed by atoms with Gasteiger partial charge in [0.2, 0.25) is 0 Å². The maximum absolute atomic E-state index is 13.6. The van der Waals surface area contributed by atoms with E-state index in [-0.39, 0.29) is 36.2 Å². The second kappa shape index (κ2) is 10.4. The van der Waals surface area contributed by atoms with E-state index in [0.29, 0.717) is 21.6 Å². The second-order valence-corrected chi connectivity index (χ2v) is 8.76. The number of hydrogen-bond donors (Lipinski definition) is 4. The molecule has 0 saturated carbocycles. The molecule has 0 aliphatic carbocycles. The molecular formula is C26H23FN4O2S. The third-order valence-electron chi connectivity index (χ3n) is 5.42. The van der Waals surface area contributed by atoms with Crippen LogP contribution in [0.4, 0.5) is 4.39 Å². The summed E-state index contributed by atoms with van der Waals surface area (Å²) in [5, 5.41) is 21.9. The number of hydrogen-bond acceptors (Lipinski definition) is 6. The van der Waals surface area contributed by atoms with Crippen LogP contribution in [0, 0.1) is 11.2 Å². The molecule has 1 atom stereocenters. The Kier molecular flexibility index (Phi) is 7.10. The van der Waals surface area contributed by atoms with Crippen molar-refractivity contribution in [1.29, 1.82) is 5.41 Å². The summed E-state index contributed by atoms with van der Waals surface area (Å²) in [4.78, 5) is 18.5. The van der Waals surface area contributed by atoms with Crippen LogP contribution in [0.5, 0.6) is 5.75 Å². The molecule has 0 saturated heterocycles. The summed E-state index contributed by atoms with van der Waals surface area (Å²) in [5.41, 5.74) is 8.66. The Morgan fingerprint density at radius 2 is 1.97 bits per heavy atom. The number of carbonyl (C=O) groups excluding carboxylic acids is 1. The van der Waals surface area contributed by atoms with E-state index in [4.69, 9.17) is 11.1 Å². The van der Waals surface area contributed by atoms with E-state index in [1.807, 2.05) is 0 Å². The SMILES string of the molecule is N=C(CC(NC(=O)c1ccc(-c2ccc(F)cc2CN)s1)c1ccccc1O)c1cccnc1.